The Morgan fingerprint density at radius 1 is 1.00 bits per heavy atom. The van der Waals surface area contributed by atoms with Crippen molar-refractivity contribution in [1.29, 1.82) is 0 Å². The van der Waals surface area contributed by atoms with Gasteiger partial charge in [-0.2, -0.15) is 4.31 Å². The van der Waals surface area contributed by atoms with Gasteiger partial charge < -0.3 is 20.1 Å². The number of ether oxygens (including phenoxy) is 2. The quantitative estimate of drug-likeness (QED) is 0.589. The number of sulfonamides is 1. The van der Waals surface area contributed by atoms with Gasteiger partial charge in [-0.25, -0.2) is 8.42 Å². The van der Waals surface area contributed by atoms with Crippen LogP contribution in [-0.2, 0) is 19.6 Å². The third-order valence-corrected chi connectivity index (χ3v) is 7.88. The van der Waals surface area contributed by atoms with Gasteiger partial charge in [-0.3, -0.25) is 9.59 Å². The van der Waals surface area contributed by atoms with Gasteiger partial charge in [0, 0.05) is 30.8 Å². The number of piperidine rings is 1. The van der Waals surface area contributed by atoms with E-state index in [1.54, 1.807) is 6.07 Å². The first-order chi connectivity index (χ1) is 16.2. The fraction of sp³-hybridized carbons (Fsp3) is 0.417. The van der Waals surface area contributed by atoms with Crippen molar-refractivity contribution in [2.45, 2.75) is 31.6 Å². The van der Waals surface area contributed by atoms with Gasteiger partial charge >= 0.3 is 0 Å². The van der Waals surface area contributed by atoms with Gasteiger partial charge in [-0.1, -0.05) is 18.2 Å². The molecule has 34 heavy (non-hydrogen) atoms. The molecule has 0 saturated carbocycles. The molecule has 0 radical (unpaired) electrons. The lowest BCUT2D eigenvalue weighted by Gasteiger charge is -2.30. The predicted molar refractivity (Wildman–Crippen MR) is 129 cm³/mol. The summed E-state index contributed by atoms with van der Waals surface area (Å²) in [6.45, 7) is 4.10. The topological polar surface area (TPSA) is 114 Å². The van der Waals surface area contributed by atoms with Gasteiger partial charge in [-0.15, -0.1) is 0 Å². The monoisotopic (exact) mass is 489 g/mol. The molecule has 0 unspecified atom stereocenters. The highest BCUT2D eigenvalue weighted by Crippen LogP contribution is 2.32. The van der Waals surface area contributed by atoms with Crippen LogP contribution >= 0.6 is 0 Å². The van der Waals surface area contributed by atoms with E-state index in [1.165, 1.54) is 30.7 Å². The number of hydrogen-bond acceptors (Lipinski definition) is 6. The molecule has 1 aliphatic heterocycles. The average molecular weight is 490 g/mol. The van der Waals surface area contributed by atoms with Gasteiger partial charge in [0.05, 0.1) is 25.7 Å². The smallest absolute Gasteiger partial charge is 0.243 e. The molecule has 2 N–H and O–H groups in total. The predicted octanol–water partition coefficient (Wildman–Crippen LogP) is 2.48. The summed E-state index contributed by atoms with van der Waals surface area (Å²) in [5, 5.41) is 5.51. The molecule has 1 heterocycles. The molecule has 2 amide bonds. The summed E-state index contributed by atoms with van der Waals surface area (Å²) < 4.78 is 37.8. The Hall–Kier alpha value is -3.11. The van der Waals surface area contributed by atoms with E-state index < -0.39 is 10.0 Å². The summed E-state index contributed by atoms with van der Waals surface area (Å²) in [4.78, 5) is 25.0. The van der Waals surface area contributed by atoms with E-state index in [1.807, 2.05) is 32.0 Å². The Balaban J connectivity index is 1.54. The number of aryl methyl sites for hydroxylation is 2. The number of anilines is 1. The summed E-state index contributed by atoms with van der Waals surface area (Å²) in [5.41, 5.74) is 2.64. The average Bonchev–Trinajstić information content (AvgIpc) is 2.84. The maximum absolute atomic E-state index is 13.1. The van der Waals surface area contributed by atoms with Crippen molar-refractivity contribution in [1.82, 2.24) is 9.62 Å². The zero-order valence-electron chi connectivity index (χ0n) is 19.9. The second kappa shape index (κ2) is 10.9. The maximum Gasteiger partial charge on any atom is 0.243 e. The zero-order chi connectivity index (χ0) is 24.9. The molecule has 2 aromatic rings. The largest absolute Gasteiger partial charge is 0.493 e. The molecule has 2 aromatic carbocycles. The van der Waals surface area contributed by atoms with Gasteiger partial charge in [0.2, 0.25) is 21.8 Å². The SMILES string of the molecule is COc1ccc(S(=O)(=O)N2CCC(C(=O)NCC(=O)Nc3c(C)cccc3C)CC2)cc1OC. The number of para-hydroxylation sites is 1. The number of carbonyl (C=O) groups excluding carboxylic acids is 2. The summed E-state index contributed by atoms with van der Waals surface area (Å²) in [5.74, 6) is -0.139. The zero-order valence-corrected chi connectivity index (χ0v) is 20.7. The van der Waals surface area contributed by atoms with Crippen LogP contribution in [-0.4, -0.2) is 58.4 Å². The van der Waals surface area contributed by atoms with Gasteiger partial charge in [0.15, 0.2) is 11.5 Å². The number of carbonyl (C=O) groups is 2. The number of nitrogens with one attached hydrogen (secondary N) is 2. The van der Waals surface area contributed by atoms with Crippen LogP contribution in [0.25, 0.3) is 0 Å². The van der Waals surface area contributed by atoms with Gasteiger partial charge in [0.1, 0.15) is 0 Å². The lowest BCUT2D eigenvalue weighted by atomic mass is 9.97. The highest BCUT2D eigenvalue weighted by molar-refractivity contribution is 7.89. The van der Waals surface area contributed by atoms with Gasteiger partial charge in [0.25, 0.3) is 0 Å². The molecule has 3 rings (SSSR count). The number of nitrogens with zero attached hydrogens (tertiary/aromatic N) is 1. The minimum Gasteiger partial charge on any atom is -0.493 e. The van der Waals surface area contributed by atoms with Crippen LogP contribution in [0.15, 0.2) is 41.3 Å². The lowest BCUT2D eigenvalue weighted by molar-refractivity contribution is -0.128. The van der Waals surface area contributed by atoms with Crippen molar-refractivity contribution in [3.63, 3.8) is 0 Å². The fourth-order valence-electron chi connectivity index (χ4n) is 3.99. The highest BCUT2D eigenvalue weighted by Gasteiger charge is 2.32. The van der Waals surface area contributed by atoms with Crippen molar-refractivity contribution < 1.29 is 27.5 Å². The molecular formula is C24H31N3O6S. The third-order valence-electron chi connectivity index (χ3n) is 5.99. The molecule has 184 valence electrons. The number of benzene rings is 2. The highest BCUT2D eigenvalue weighted by atomic mass is 32.2. The van der Waals surface area contributed by atoms with E-state index >= 15 is 0 Å². The van der Waals surface area contributed by atoms with Crippen molar-refractivity contribution in [2.75, 3.05) is 39.2 Å². The van der Waals surface area contributed by atoms with E-state index in [2.05, 4.69) is 10.6 Å². The summed E-state index contributed by atoms with van der Waals surface area (Å²) in [6, 6.07) is 10.2. The van der Waals surface area contributed by atoms with E-state index in [4.69, 9.17) is 9.47 Å². The summed E-state index contributed by atoms with van der Waals surface area (Å²) >= 11 is 0. The molecular weight excluding hydrogens is 458 g/mol. The Morgan fingerprint density at radius 2 is 1.62 bits per heavy atom. The Morgan fingerprint density at radius 3 is 2.21 bits per heavy atom. The first-order valence-corrected chi connectivity index (χ1v) is 12.5. The minimum absolute atomic E-state index is 0.108. The first kappa shape index (κ1) is 25.5. The normalized spacial score (nSPS) is 14.9. The number of methoxy groups -OCH3 is 2. The fourth-order valence-corrected chi connectivity index (χ4v) is 5.48. The molecule has 9 nitrogen and oxygen atoms in total. The van der Waals surface area contributed by atoms with E-state index in [9.17, 15) is 18.0 Å². The lowest BCUT2D eigenvalue weighted by Crippen LogP contribution is -2.44. The second-order valence-corrected chi connectivity index (χ2v) is 10.2. The summed E-state index contributed by atoms with van der Waals surface area (Å²) in [6.07, 6.45) is 0.744. The Labute approximate surface area is 200 Å². The Kier molecular flexibility index (Phi) is 8.16. The molecule has 1 saturated heterocycles. The van der Waals surface area contributed by atoms with Crippen LogP contribution in [0, 0.1) is 19.8 Å². The van der Waals surface area contributed by atoms with Crippen molar-refractivity contribution in [3.05, 3.63) is 47.5 Å². The summed E-state index contributed by atoms with van der Waals surface area (Å²) in [7, 11) is -0.809. The Bertz CT molecular complexity index is 1140. The van der Waals surface area contributed by atoms with Crippen LogP contribution in [0.4, 0.5) is 5.69 Å². The standard InChI is InChI=1S/C24H31N3O6S/c1-16-6-5-7-17(2)23(16)26-22(28)15-25-24(29)18-10-12-27(13-11-18)34(30,31)19-8-9-20(32-3)21(14-19)33-4/h5-9,14,18H,10-13,15H2,1-4H3,(H,25,29)(H,26,28). The molecule has 10 heteroatoms. The van der Waals surface area contributed by atoms with Crippen molar-refractivity contribution >= 4 is 27.5 Å². The van der Waals surface area contributed by atoms with Crippen molar-refractivity contribution in [2.24, 2.45) is 5.92 Å². The molecule has 0 aliphatic carbocycles. The van der Waals surface area contributed by atoms with Crippen molar-refractivity contribution in [3.8, 4) is 11.5 Å². The molecule has 1 fully saturated rings. The van der Waals surface area contributed by atoms with E-state index in [-0.39, 0.29) is 42.3 Å². The van der Waals surface area contributed by atoms with Crippen LogP contribution in [0.5, 0.6) is 11.5 Å². The van der Waals surface area contributed by atoms with Crippen LogP contribution in [0.3, 0.4) is 0 Å². The van der Waals surface area contributed by atoms with Gasteiger partial charge in [-0.05, 0) is 49.9 Å². The molecule has 0 spiro atoms. The van der Waals surface area contributed by atoms with Crippen LogP contribution in [0.2, 0.25) is 0 Å². The number of rotatable bonds is 8. The van der Waals surface area contributed by atoms with Crippen LogP contribution in [0.1, 0.15) is 24.0 Å². The molecule has 0 bridgehead atoms. The van der Waals surface area contributed by atoms with E-state index in [0.29, 0.717) is 24.3 Å². The number of amides is 2. The molecule has 1 aliphatic rings. The van der Waals surface area contributed by atoms with E-state index in [0.717, 1.165) is 16.8 Å². The minimum atomic E-state index is -3.74. The molecule has 0 atom stereocenters. The number of hydrogen-bond donors (Lipinski definition) is 2. The third kappa shape index (κ3) is 5.68. The maximum atomic E-state index is 13.1. The van der Waals surface area contributed by atoms with Crippen LogP contribution < -0.4 is 20.1 Å². The second-order valence-electron chi connectivity index (χ2n) is 8.23. The molecule has 0 aromatic heterocycles. The first-order valence-electron chi connectivity index (χ1n) is 11.0.